The van der Waals surface area contributed by atoms with Gasteiger partial charge in [-0.05, 0) is 49.2 Å². The fraction of sp³-hybridized carbons (Fsp3) is 0.353. The summed E-state index contributed by atoms with van der Waals surface area (Å²) < 4.78 is 0. The molecule has 0 spiro atoms. The van der Waals surface area contributed by atoms with E-state index >= 15 is 0 Å². The van der Waals surface area contributed by atoms with Gasteiger partial charge in [0.2, 0.25) is 5.91 Å². The number of hydrogen-bond donors (Lipinski definition) is 1. The van der Waals surface area contributed by atoms with Crippen LogP contribution in [0.3, 0.4) is 0 Å². The van der Waals surface area contributed by atoms with Crippen molar-refractivity contribution in [1.29, 1.82) is 0 Å². The smallest absolute Gasteiger partial charge is 0.294 e. The summed E-state index contributed by atoms with van der Waals surface area (Å²) in [5.41, 5.74) is 2.60. The molecule has 1 fully saturated rings. The highest BCUT2D eigenvalue weighted by molar-refractivity contribution is 8.18. The van der Waals surface area contributed by atoms with Gasteiger partial charge in [0.1, 0.15) is 6.54 Å². The summed E-state index contributed by atoms with van der Waals surface area (Å²) in [5.74, 6) is -0.371. The van der Waals surface area contributed by atoms with E-state index in [-0.39, 0.29) is 12.5 Å². The van der Waals surface area contributed by atoms with Crippen LogP contribution in [0.1, 0.15) is 39.2 Å². The molecule has 0 aliphatic carbocycles. The Morgan fingerprint density at radius 1 is 1.17 bits per heavy atom. The minimum Gasteiger partial charge on any atom is -0.325 e. The number of thioether (sulfide) groups is 1. The molecule has 122 valence electrons. The fourth-order valence-electron chi connectivity index (χ4n) is 2.14. The van der Waals surface area contributed by atoms with Gasteiger partial charge in [0, 0.05) is 5.69 Å². The van der Waals surface area contributed by atoms with E-state index in [1.807, 2.05) is 24.3 Å². The van der Waals surface area contributed by atoms with Gasteiger partial charge in [-0.15, -0.1) is 0 Å². The Kier molecular flexibility index (Phi) is 5.26. The summed E-state index contributed by atoms with van der Waals surface area (Å²) in [4.78, 5) is 37.4. The first-order valence-electron chi connectivity index (χ1n) is 7.40. The van der Waals surface area contributed by atoms with Crippen molar-refractivity contribution < 1.29 is 14.4 Å². The second kappa shape index (κ2) is 7.00. The van der Waals surface area contributed by atoms with Crippen molar-refractivity contribution in [2.75, 3.05) is 11.9 Å². The predicted octanol–water partition coefficient (Wildman–Crippen LogP) is 3.74. The number of rotatable bonds is 4. The SMILES string of the molecule is CC(C)=C1SC(=O)N(CC(=O)Nc2ccc(C(C)C)cc2)C1=O. The second-order valence-electron chi connectivity index (χ2n) is 5.91. The average Bonchev–Trinajstić information content (AvgIpc) is 2.76. The summed E-state index contributed by atoms with van der Waals surface area (Å²) >= 11 is 0.880. The van der Waals surface area contributed by atoms with Crippen molar-refractivity contribution >= 4 is 34.5 Å². The standard InChI is InChI=1S/C17H20N2O3S/c1-10(2)12-5-7-13(8-6-12)18-14(20)9-19-16(21)15(11(3)4)23-17(19)22/h5-8,10H,9H2,1-4H3,(H,18,20). The summed E-state index contributed by atoms with van der Waals surface area (Å²) in [6.07, 6.45) is 0. The molecule has 0 unspecified atom stereocenters. The van der Waals surface area contributed by atoms with Crippen LogP contribution in [0.25, 0.3) is 0 Å². The van der Waals surface area contributed by atoms with Gasteiger partial charge >= 0.3 is 0 Å². The van der Waals surface area contributed by atoms with Gasteiger partial charge in [0.25, 0.3) is 11.1 Å². The van der Waals surface area contributed by atoms with Gasteiger partial charge in [-0.2, -0.15) is 0 Å². The molecule has 0 saturated carbocycles. The summed E-state index contributed by atoms with van der Waals surface area (Å²) in [6, 6.07) is 7.53. The van der Waals surface area contributed by atoms with E-state index in [4.69, 9.17) is 0 Å². The van der Waals surface area contributed by atoms with Crippen LogP contribution >= 0.6 is 11.8 Å². The minimum absolute atomic E-state index is 0.270. The first-order valence-corrected chi connectivity index (χ1v) is 8.22. The lowest BCUT2D eigenvalue weighted by molar-refractivity contribution is -0.127. The van der Waals surface area contributed by atoms with Gasteiger partial charge in [0.05, 0.1) is 4.91 Å². The molecule has 0 aromatic heterocycles. The number of amides is 3. The summed E-state index contributed by atoms with van der Waals surface area (Å²) in [7, 11) is 0. The number of allylic oxidation sites excluding steroid dienone is 1. The highest BCUT2D eigenvalue weighted by Gasteiger charge is 2.36. The van der Waals surface area contributed by atoms with Crippen LogP contribution < -0.4 is 5.32 Å². The first kappa shape index (κ1) is 17.3. The average molecular weight is 332 g/mol. The number of imide groups is 1. The fourth-order valence-corrected chi connectivity index (χ4v) is 2.97. The molecule has 0 bridgehead atoms. The number of anilines is 1. The van der Waals surface area contributed by atoms with E-state index in [9.17, 15) is 14.4 Å². The molecule has 1 heterocycles. The lowest BCUT2D eigenvalue weighted by Crippen LogP contribution is -2.36. The number of carbonyl (C=O) groups excluding carboxylic acids is 3. The number of carbonyl (C=O) groups is 3. The topological polar surface area (TPSA) is 66.5 Å². The van der Waals surface area contributed by atoms with Crippen molar-refractivity contribution in [3.63, 3.8) is 0 Å². The quantitative estimate of drug-likeness (QED) is 0.853. The van der Waals surface area contributed by atoms with E-state index in [1.54, 1.807) is 13.8 Å². The monoisotopic (exact) mass is 332 g/mol. The molecule has 1 aliphatic rings. The molecule has 1 aromatic carbocycles. The number of hydrogen-bond acceptors (Lipinski definition) is 4. The third-order valence-electron chi connectivity index (χ3n) is 3.47. The van der Waals surface area contributed by atoms with E-state index in [2.05, 4.69) is 19.2 Å². The Bertz CT molecular complexity index is 674. The van der Waals surface area contributed by atoms with Crippen LogP contribution in [-0.4, -0.2) is 28.5 Å². The zero-order valence-electron chi connectivity index (χ0n) is 13.7. The molecule has 1 saturated heterocycles. The van der Waals surface area contributed by atoms with Crippen molar-refractivity contribution in [3.05, 3.63) is 40.3 Å². The lowest BCUT2D eigenvalue weighted by Gasteiger charge is -2.13. The zero-order valence-corrected chi connectivity index (χ0v) is 14.5. The van der Waals surface area contributed by atoms with Gasteiger partial charge < -0.3 is 5.32 Å². The zero-order chi connectivity index (χ0) is 17.1. The molecule has 6 heteroatoms. The van der Waals surface area contributed by atoms with Crippen molar-refractivity contribution in [3.8, 4) is 0 Å². The molecule has 2 rings (SSSR count). The molecule has 0 radical (unpaired) electrons. The highest BCUT2D eigenvalue weighted by Crippen LogP contribution is 2.32. The molecule has 1 aliphatic heterocycles. The Hall–Kier alpha value is -2.08. The molecule has 1 N–H and O–H groups in total. The van der Waals surface area contributed by atoms with E-state index in [1.165, 1.54) is 5.56 Å². The number of benzene rings is 1. The van der Waals surface area contributed by atoms with Crippen molar-refractivity contribution in [2.24, 2.45) is 0 Å². The van der Waals surface area contributed by atoms with E-state index in [0.717, 1.165) is 22.2 Å². The van der Waals surface area contributed by atoms with Crippen LogP contribution in [0.4, 0.5) is 10.5 Å². The largest absolute Gasteiger partial charge is 0.325 e. The van der Waals surface area contributed by atoms with Crippen LogP contribution in [0.5, 0.6) is 0 Å². The number of nitrogens with zero attached hydrogens (tertiary/aromatic N) is 1. The maximum atomic E-state index is 12.1. The van der Waals surface area contributed by atoms with E-state index < -0.39 is 11.1 Å². The van der Waals surface area contributed by atoms with Gasteiger partial charge in [-0.1, -0.05) is 31.6 Å². The normalized spacial score (nSPS) is 14.7. The summed E-state index contributed by atoms with van der Waals surface area (Å²) in [6.45, 7) is 7.46. The van der Waals surface area contributed by atoms with Gasteiger partial charge in [0.15, 0.2) is 0 Å². The maximum absolute atomic E-state index is 12.1. The van der Waals surface area contributed by atoms with Crippen LogP contribution in [0, 0.1) is 0 Å². The molecular formula is C17H20N2O3S. The molecule has 23 heavy (non-hydrogen) atoms. The Morgan fingerprint density at radius 3 is 2.26 bits per heavy atom. The third-order valence-corrected chi connectivity index (χ3v) is 4.65. The highest BCUT2D eigenvalue weighted by atomic mass is 32.2. The lowest BCUT2D eigenvalue weighted by atomic mass is 10.0. The van der Waals surface area contributed by atoms with Crippen LogP contribution in [0.2, 0.25) is 0 Å². The van der Waals surface area contributed by atoms with Crippen molar-refractivity contribution in [1.82, 2.24) is 4.90 Å². The number of nitrogens with one attached hydrogen (secondary N) is 1. The molecule has 3 amide bonds. The van der Waals surface area contributed by atoms with Crippen molar-refractivity contribution in [2.45, 2.75) is 33.6 Å². The second-order valence-corrected chi connectivity index (χ2v) is 6.87. The minimum atomic E-state index is -0.406. The predicted molar refractivity (Wildman–Crippen MR) is 92.2 cm³/mol. The van der Waals surface area contributed by atoms with Crippen LogP contribution in [-0.2, 0) is 9.59 Å². The molecule has 0 atom stereocenters. The summed E-state index contributed by atoms with van der Waals surface area (Å²) in [5, 5.41) is 2.30. The Labute approximate surface area is 140 Å². The van der Waals surface area contributed by atoms with E-state index in [0.29, 0.717) is 16.5 Å². The third kappa shape index (κ3) is 4.01. The maximum Gasteiger partial charge on any atom is 0.294 e. The molecule has 1 aromatic rings. The Balaban J connectivity index is 2.01. The Morgan fingerprint density at radius 2 is 1.78 bits per heavy atom. The van der Waals surface area contributed by atoms with Gasteiger partial charge in [-0.3, -0.25) is 19.3 Å². The molecular weight excluding hydrogens is 312 g/mol. The van der Waals surface area contributed by atoms with Gasteiger partial charge in [-0.25, -0.2) is 0 Å². The van der Waals surface area contributed by atoms with Crippen LogP contribution in [0.15, 0.2) is 34.7 Å². The molecule has 5 nitrogen and oxygen atoms in total. The first-order chi connectivity index (χ1) is 10.8.